The lowest BCUT2D eigenvalue weighted by atomic mass is 10.2. The number of aromatic hydroxyl groups is 1. The van der Waals surface area contributed by atoms with Crippen LogP contribution in [0.25, 0.3) is 0 Å². The number of hydrogen-bond acceptors (Lipinski definition) is 7. The van der Waals surface area contributed by atoms with E-state index in [1.165, 1.54) is 12.1 Å². The number of phenolic OH excluding ortho intramolecular Hbond substituents is 1. The van der Waals surface area contributed by atoms with E-state index in [0.29, 0.717) is 70.6 Å². The van der Waals surface area contributed by atoms with Crippen molar-refractivity contribution in [2.24, 2.45) is 0 Å². The van der Waals surface area contributed by atoms with Crippen molar-refractivity contribution in [1.29, 1.82) is 0 Å². The number of benzene rings is 1. The highest BCUT2D eigenvalue weighted by Crippen LogP contribution is 2.33. The van der Waals surface area contributed by atoms with Crippen molar-refractivity contribution in [1.82, 2.24) is 0 Å². The van der Waals surface area contributed by atoms with Crippen LogP contribution < -0.4 is 9.47 Å². The molecule has 122 valence electrons. The van der Waals surface area contributed by atoms with Crippen molar-refractivity contribution in [3.05, 3.63) is 17.7 Å². The van der Waals surface area contributed by atoms with E-state index in [0.717, 1.165) is 0 Å². The van der Waals surface area contributed by atoms with E-state index in [4.69, 9.17) is 23.7 Å². The van der Waals surface area contributed by atoms with Gasteiger partial charge in [-0.1, -0.05) is 0 Å². The Morgan fingerprint density at radius 2 is 1.23 bits per heavy atom. The summed E-state index contributed by atoms with van der Waals surface area (Å²) in [5, 5.41) is 9.74. The fourth-order valence-corrected chi connectivity index (χ4v) is 1.85. The van der Waals surface area contributed by atoms with Crippen molar-refractivity contribution < 1.29 is 33.6 Å². The van der Waals surface area contributed by atoms with E-state index >= 15 is 0 Å². The first kappa shape index (κ1) is 16.5. The van der Waals surface area contributed by atoms with Crippen molar-refractivity contribution in [2.45, 2.75) is 0 Å². The molecule has 0 fully saturated rings. The third-order valence-corrected chi connectivity index (χ3v) is 2.93. The van der Waals surface area contributed by atoms with E-state index in [1.807, 2.05) is 0 Å². The lowest BCUT2D eigenvalue weighted by Crippen LogP contribution is -2.13. The summed E-state index contributed by atoms with van der Waals surface area (Å²) >= 11 is 0. The predicted octanol–water partition coefficient (Wildman–Crippen LogP) is 1.03. The summed E-state index contributed by atoms with van der Waals surface area (Å²) in [6.45, 7) is 3.32. The van der Waals surface area contributed by atoms with Crippen LogP contribution in [0.4, 0.5) is 0 Å². The lowest BCUT2D eigenvalue weighted by Gasteiger charge is -2.14. The first-order valence-electron chi connectivity index (χ1n) is 7.12. The molecule has 0 aliphatic carbocycles. The van der Waals surface area contributed by atoms with Gasteiger partial charge in [-0.3, -0.25) is 4.79 Å². The molecule has 0 bridgehead atoms. The minimum Gasteiger partial charge on any atom is -0.507 e. The van der Waals surface area contributed by atoms with Crippen molar-refractivity contribution in [3.63, 3.8) is 0 Å². The van der Waals surface area contributed by atoms with Crippen LogP contribution in [0.3, 0.4) is 0 Å². The number of hydrogen-bond donors (Lipinski definition) is 1. The maximum absolute atomic E-state index is 10.9. The van der Waals surface area contributed by atoms with Gasteiger partial charge in [0.25, 0.3) is 0 Å². The third kappa shape index (κ3) is 5.18. The van der Waals surface area contributed by atoms with Gasteiger partial charge in [-0.25, -0.2) is 0 Å². The second-order valence-corrected chi connectivity index (χ2v) is 4.51. The Bertz CT molecular complexity index is 475. The van der Waals surface area contributed by atoms with Crippen LogP contribution in [-0.2, 0) is 14.2 Å². The smallest absolute Gasteiger partial charge is 0.165 e. The highest BCUT2D eigenvalue weighted by atomic mass is 16.6. The van der Waals surface area contributed by atoms with Gasteiger partial charge in [-0.05, 0) is 6.07 Å². The summed E-state index contributed by atoms with van der Waals surface area (Å²) in [4.78, 5) is 10.9. The molecule has 1 N–H and O–H groups in total. The number of phenols is 1. The molecule has 1 aromatic rings. The molecular weight excluding hydrogens is 292 g/mol. The third-order valence-electron chi connectivity index (χ3n) is 2.93. The Morgan fingerprint density at radius 3 is 1.73 bits per heavy atom. The number of carbonyl (C=O) groups is 1. The van der Waals surface area contributed by atoms with Crippen molar-refractivity contribution >= 4 is 6.29 Å². The number of ether oxygens (including phenoxy) is 5. The van der Waals surface area contributed by atoms with E-state index in [9.17, 15) is 9.90 Å². The van der Waals surface area contributed by atoms with Crippen LogP contribution in [-0.4, -0.2) is 64.2 Å². The van der Waals surface area contributed by atoms with Gasteiger partial charge < -0.3 is 28.8 Å². The van der Waals surface area contributed by atoms with Gasteiger partial charge in [0, 0.05) is 6.07 Å². The zero-order valence-corrected chi connectivity index (χ0v) is 12.3. The standard InChI is InChI=1S/C15H20O7/c16-11-12-9-14-15(10-13(12)17)22-8-6-20-4-2-18-1-3-19-5-7-21-14/h9-11,17H,1-8H2. The zero-order chi connectivity index (χ0) is 15.6. The molecule has 1 aromatic carbocycles. The number of aldehydes is 1. The van der Waals surface area contributed by atoms with Gasteiger partial charge >= 0.3 is 0 Å². The maximum Gasteiger partial charge on any atom is 0.165 e. The Balaban J connectivity index is 2.05. The van der Waals surface area contributed by atoms with Crippen LogP contribution in [0.5, 0.6) is 17.2 Å². The molecule has 0 radical (unpaired) electrons. The fourth-order valence-electron chi connectivity index (χ4n) is 1.85. The van der Waals surface area contributed by atoms with Crippen LogP contribution in [0.1, 0.15) is 10.4 Å². The summed E-state index contributed by atoms with van der Waals surface area (Å²) in [6, 6.07) is 2.81. The SMILES string of the molecule is O=Cc1cc2c(cc1O)OCCOCCOCCOCCO2. The molecule has 1 aliphatic heterocycles. The number of carbonyl (C=O) groups excluding carboxylic acids is 1. The average Bonchev–Trinajstić information content (AvgIpc) is 2.53. The summed E-state index contributed by atoms with van der Waals surface area (Å²) in [5.41, 5.74) is 0.144. The lowest BCUT2D eigenvalue weighted by molar-refractivity contribution is 0.00708. The Kier molecular flexibility index (Phi) is 6.95. The first-order chi connectivity index (χ1) is 10.8. The molecule has 7 nitrogen and oxygen atoms in total. The summed E-state index contributed by atoms with van der Waals surface area (Å²) in [6.07, 6.45) is 0.561. The molecule has 2 rings (SSSR count). The second kappa shape index (κ2) is 9.24. The van der Waals surface area contributed by atoms with Crippen molar-refractivity contribution in [2.75, 3.05) is 52.9 Å². The molecular formula is C15H20O7. The van der Waals surface area contributed by atoms with Crippen LogP contribution >= 0.6 is 0 Å². The number of rotatable bonds is 1. The van der Waals surface area contributed by atoms with E-state index in [-0.39, 0.29) is 11.3 Å². The normalized spacial score (nSPS) is 18.0. The second-order valence-electron chi connectivity index (χ2n) is 4.51. The Hall–Kier alpha value is -1.83. The summed E-state index contributed by atoms with van der Waals surface area (Å²) in [5.74, 6) is 0.591. The molecule has 7 heteroatoms. The highest BCUT2D eigenvalue weighted by Gasteiger charge is 2.12. The fraction of sp³-hybridized carbons (Fsp3) is 0.533. The van der Waals surface area contributed by atoms with E-state index < -0.39 is 0 Å². The van der Waals surface area contributed by atoms with Gasteiger partial charge in [-0.2, -0.15) is 0 Å². The first-order valence-corrected chi connectivity index (χ1v) is 7.12. The highest BCUT2D eigenvalue weighted by molar-refractivity contribution is 5.81. The molecule has 22 heavy (non-hydrogen) atoms. The monoisotopic (exact) mass is 312 g/mol. The van der Waals surface area contributed by atoms with Crippen LogP contribution in [0.15, 0.2) is 12.1 Å². The molecule has 0 amide bonds. The Labute approximate surface area is 128 Å². The molecule has 0 aromatic heterocycles. The van der Waals surface area contributed by atoms with Gasteiger partial charge in [0.2, 0.25) is 0 Å². The molecule has 0 saturated heterocycles. The summed E-state index contributed by atoms with van der Waals surface area (Å²) in [7, 11) is 0. The van der Waals surface area contributed by atoms with Crippen LogP contribution in [0, 0.1) is 0 Å². The van der Waals surface area contributed by atoms with Gasteiger partial charge in [0.05, 0.1) is 45.2 Å². The van der Waals surface area contributed by atoms with Crippen LogP contribution in [0.2, 0.25) is 0 Å². The molecule has 0 spiro atoms. The minimum absolute atomic E-state index is 0.144. The van der Waals surface area contributed by atoms with Gasteiger partial charge in [-0.15, -0.1) is 0 Å². The van der Waals surface area contributed by atoms with E-state index in [1.54, 1.807) is 0 Å². The minimum atomic E-state index is -0.152. The molecule has 1 aliphatic rings. The molecule has 0 atom stereocenters. The predicted molar refractivity (Wildman–Crippen MR) is 76.9 cm³/mol. The largest absolute Gasteiger partial charge is 0.507 e. The maximum atomic E-state index is 10.9. The van der Waals surface area contributed by atoms with Gasteiger partial charge in [0.15, 0.2) is 17.8 Å². The zero-order valence-electron chi connectivity index (χ0n) is 12.3. The molecule has 0 saturated carbocycles. The Morgan fingerprint density at radius 1 is 0.773 bits per heavy atom. The summed E-state index contributed by atoms with van der Waals surface area (Å²) < 4.78 is 27.1. The molecule has 0 unspecified atom stereocenters. The topological polar surface area (TPSA) is 83.5 Å². The van der Waals surface area contributed by atoms with Gasteiger partial charge in [0.1, 0.15) is 19.0 Å². The molecule has 1 heterocycles. The van der Waals surface area contributed by atoms with E-state index in [2.05, 4.69) is 0 Å². The number of fused-ring (bicyclic) bond motifs is 1. The quantitative estimate of drug-likeness (QED) is 0.775. The van der Waals surface area contributed by atoms with Crippen molar-refractivity contribution in [3.8, 4) is 17.2 Å². The average molecular weight is 312 g/mol.